The van der Waals surface area contributed by atoms with Crippen LogP contribution in [0.5, 0.6) is 11.5 Å². The molecule has 0 aromatic heterocycles. The van der Waals surface area contributed by atoms with Crippen molar-refractivity contribution in [3.05, 3.63) is 24.3 Å². The first kappa shape index (κ1) is 11.8. The van der Waals surface area contributed by atoms with Crippen molar-refractivity contribution in [1.29, 1.82) is 0 Å². The zero-order valence-corrected chi connectivity index (χ0v) is 9.10. The van der Waals surface area contributed by atoms with E-state index < -0.39 is 0 Å². The summed E-state index contributed by atoms with van der Waals surface area (Å²) in [6.45, 7) is 0.909. The van der Waals surface area contributed by atoms with E-state index in [2.05, 4.69) is 0 Å². The van der Waals surface area contributed by atoms with E-state index in [0.717, 1.165) is 11.5 Å². The maximum Gasteiger partial charge on any atom is 0.119 e. The lowest BCUT2D eigenvalue weighted by atomic mass is 10.3. The summed E-state index contributed by atoms with van der Waals surface area (Å²) >= 11 is 0. The van der Waals surface area contributed by atoms with Gasteiger partial charge in [-0.3, -0.25) is 0 Å². The lowest BCUT2D eigenvalue weighted by Gasteiger charge is -2.14. The summed E-state index contributed by atoms with van der Waals surface area (Å²) in [4.78, 5) is 0. The average molecular weight is 211 g/mol. The molecule has 1 aromatic rings. The first-order chi connectivity index (χ1) is 7.30. The third-order valence-corrected chi connectivity index (χ3v) is 2.09. The number of ether oxygens (including phenoxy) is 3. The number of rotatable bonds is 6. The molecule has 0 aliphatic rings. The van der Waals surface area contributed by atoms with Gasteiger partial charge in [-0.05, 0) is 24.3 Å². The number of benzene rings is 1. The molecule has 0 aliphatic carbocycles. The molecule has 0 aliphatic heterocycles. The SMILES string of the molecule is COc1ccc(OCC(CN)OC)cc1. The monoisotopic (exact) mass is 211 g/mol. The van der Waals surface area contributed by atoms with Crippen LogP contribution in [0.15, 0.2) is 24.3 Å². The van der Waals surface area contributed by atoms with E-state index in [1.54, 1.807) is 14.2 Å². The molecule has 4 heteroatoms. The average Bonchev–Trinajstić information content (AvgIpc) is 2.31. The van der Waals surface area contributed by atoms with E-state index in [4.69, 9.17) is 19.9 Å². The van der Waals surface area contributed by atoms with E-state index in [9.17, 15) is 0 Å². The quantitative estimate of drug-likeness (QED) is 0.764. The zero-order chi connectivity index (χ0) is 11.1. The van der Waals surface area contributed by atoms with Crippen LogP contribution in [0.25, 0.3) is 0 Å². The predicted octanol–water partition coefficient (Wildman–Crippen LogP) is 1.05. The summed E-state index contributed by atoms with van der Waals surface area (Å²) in [5, 5.41) is 0. The molecule has 0 fully saturated rings. The molecule has 0 spiro atoms. The van der Waals surface area contributed by atoms with Gasteiger partial charge in [0.25, 0.3) is 0 Å². The molecule has 0 saturated heterocycles. The van der Waals surface area contributed by atoms with Crippen molar-refractivity contribution in [2.24, 2.45) is 5.73 Å². The maximum atomic E-state index is 5.49. The van der Waals surface area contributed by atoms with Gasteiger partial charge in [-0.2, -0.15) is 0 Å². The highest BCUT2D eigenvalue weighted by Crippen LogP contribution is 2.17. The summed E-state index contributed by atoms with van der Waals surface area (Å²) in [7, 11) is 3.25. The van der Waals surface area contributed by atoms with Crippen LogP contribution in [-0.4, -0.2) is 33.5 Å². The predicted molar refractivity (Wildman–Crippen MR) is 58.3 cm³/mol. The molecule has 2 N–H and O–H groups in total. The Bertz CT molecular complexity index is 270. The van der Waals surface area contributed by atoms with Crippen LogP contribution in [0, 0.1) is 0 Å². The Morgan fingerprint density at radius 1 is 1.13 bits per heavy atom. The van der Waals surface area contributed by atoms with Crippen molar-refractivity contribution in [1.82, 2.24) is 0 Å². The highest BCUT2D eigenvalue weighted by Gasteiger charge is 2.05. The summed E-state index contributed by atoms with van der Waals surface area (Å²) < 4.78 is 15.6. The molecule has 1 unspecified atom stereocenters. The molecule has 1 atom stereocenters. The number of hydrogen-bond acceptors (Lipinski definition) is 4. The summed E-state index contributed by atoms with van der Waals surface area (Å²) in [5.41, 5.74) is 5.47. The summed E-state index contributed by atoms with van der Waals surface area (Å²) in [6.07, 6.45) is -0.0629. The lowest BCUT2D eigenvalue weighted by molar-refractivity contribution is 0.0643. The Morgan fingerprint density at radius 2 is 1.73 bits per heavy atom. The number of nitrogens with two attached hydrogens (primary N) is 1. The molecule has 84 valence electrons. The van der Waals surface area contributed by atoms with Gasteiger partial charge in [0.1, 0.15) is 24.2 Å². The molecular formula is C11H17NO3. The molecule has 1 aromatic carbocycles. The molecule has 0 radical (unpaired) electrons. The van der Waals surface area contributed by atoms with Crippen molar-refractivity contribution in [2.45, 2.75) is 6.10 Å². The minimum Gasteiger partial charge on any atom is -0.497 e. The van der Waals surface area contributed by atoms with Gasteiger partial charge in [-0.25, -0.2) is 0 Å². The van der Waals surface area contributed by atoms with Crippen molar-refractivity contribution < 1.29 is 14.2 Å². The van der Waals surface area contributed by atoms with Crippen LogP contribution in [0.2, 0.25) is 0 Å². The van der Waals surface area contributed by atoms with E-state index in [-0.39, 0.29) is 6.10 Å². The van der Waals surface area contributed by atoms with E-state index >= 15 is 0 Å². The van der Waals surface area contributed by atoms with Gasteiger partial charge in [0.15, 0.2) is 0 Å². The summed E-state index contributed by atoms with van der Waals surface area (Å²) in [6, 6.07) is 7.39. The van der Waals surface area contributed by atoms with Crippen LogP contribution >= 0.6 is 0 Å². The zero-order valence-electron chi connectivity index (χ0n) is 9.10. The number of methoxy groups -OCH3 is 2. The van der Waals surface area contributed by atoms with Gasteiger partial charge in [-0.1, -0.05) is 0 Å². The van der Waals surface area contributed by atoms with Gasteiger partial charge >= 0.3 is 0 Å². The largest absolute Gasteiger partial charge is 0.497 e. The minimum absolute atomic E-state index is 0.0629. The lowest BCUT2D eigenvalue weighted by Crippen LogP contribution is -2.28. The van der Waals surface area contributed by atoms with Crippen molar-refractivity contribution in [3.8, 4) is 11.5 Å². The second-order valence-corrected chi connectivity index (χ2v) is 3.08. The van der Waals surface area contributed by atoms with Gasteiger partial charge < -0.3 is 19.9 Å². The fourth-order valence-corrected chi connectivity index (χ4v) is 1.09. The van der Waals surface area contributed by atoms with Crippen LogP contribution < -0.4 is 15.2 Å². The van der Waals surface area contributed by atoms with Gasteiger partial charge in [0.05, 0.1) is 7.11 Å². The van der Waals surface area contributed by atoms with Crippen LogP contribution in [0.4, 0.5) is 0 Å². The van der Waals surface area contributed by atoms with Gasteiger partial charge in [0, 0.05) is 13.7 Å². The Balaban J connectivity index is 2.43. The molecule has 4 nitrogen and oxygen atoms in total. The van der Waals surface area contributed by atoms with E-state index in [1.165, 1.54) is 0 Å². The third-order valence-electron chi connectivity index (χ3n) is 2.09. The normalized spacial score (nSPS) is 12.2. The van der Waals surface area contributed by atoms with Crippen LogP contribution in [-0.2, 0) is 4.74 Å². The Kier molecular flexibility index (Phi) is 4.93. The highest BCUT2D eigenvalue weighted by molar-refractivity contribution is 5.31. The molecule has 0 amide bonds. The Labute approximate surface area is 89.9 Å². The minimum atomic E-state index is -0.0629. The molecule has 0 bridgehead atoms. The fraction of sp³-hybridized carbons (Fsp3) is 0.455. The van der Waals surface area contributed by atoms with E-state index in [1.807, 2.05) is 24.3 Å². The highest BCUT2D eigenvalue weighted by atomic mass is 16.5. The topological polar surface area (TPSA) is 53.7 Å². The maximum absolute atomic E-state index is 5.49. The Morgan fingerprint density at radius 3 is 2.20 bits per heavy atom. The van der Waals surface area contributed by atoms with Gasteiger partial charge in [0.2, 0.25) is 0 Å². The van der Waals surface area contributed by atoms with Crippen LogP contribution in [0.1, 0.15) is 0 Å². The second-order valence-electron chi connectivity index (χ2n) is 3.08. The van der Waals surface area contributed by atoms with Gasteiger partial charge in [-0.15, -0.1) is 0 Å². The molecule has 15 heavy (non-hydrogen) atoms. The smallest absolute Gasteiger partial charge is 0.119 e. The first-order valence-electron chi connectivity index (χ1n) is 4.80. The molecule has 1 rings (SSSR count). The second kappa shape index (κ2) is 6.27. The standard InChI is InChI=1S/C11H17NO3/c1-13-9-3-5-10(6-4-9)15-8-11(7-12)14-2/h3-6,11H,7-8,12H2,1-2H3. The van der Waals surface area contributed by atoms with Crippen molar-refractivity contribution in [3.63, 3.8) is 0 Å². The number of hydrogen-bond donors (Lipinski definition) is 1. The van der Waals surface area contributed by atoms with E-state index in [0.29, 0.717) is 13.2 Å². The molecular weight excluding hydrogens is 194 g/mol. The first-order valence-corrected chi connectivity index (χ1v) is 4.80. The van der Waals surface area contributed by atoms with Crippen molar-refractivity contribution >= 4 is 0 Å². The fourth-order valence-electron chi connectivity index (χ4n) is 1.09. The van der Waals surface area contributed by atoms with Crippen molar-refractivity contribution in [2.75, 3.05) is 27.4 Å². The molecule has 0 saturated carbocycles. The molecule has 0 heterocycles. The third kappa shape index (κ3) is 3.77. The summed E-state index contributed by atoms with van der Waals surface area (Å²) in [5.74, 6) is 1.59. The Hall–Kier alpha value is -1.26. The van der Waals surface area contributed by atoms with Crippen LogP contribution in [0.3, 0.4) is 0 Å².